The van der Waals surface area contributed by atoms with Crippen LogP contribution >= 0.6 is 0 Å². The smallest absolute Gasteiger partial charge is 0.221 e. The summed E-state index contributed by atoms with van der Waals surface area (Å²) in [6, 6.07) is 6.15. The highest BCUT2D eigenvalue weighted by Crippen LogP contribution is 2.37. The Morgan fingerprint density at radius 2 is 2.12 bits per heavy atom. The van der Waals surface area contributed by atoms with Crippen molar-refractivity contribution >= 4 is 5.91 Å². The molecule has 17 heavy (non-hydrogen) atoms. The summed E-state index contributed by atoms with van der Waals surface area (Å²) in [6.45, 7) is 6.17. The minimum atomic E-state index is -0.169. The monoisotopic (exact) mass is 233 g/mol. The highest BCUT2D eigenvalue weighted by Gasteiger charge is 2.39. The first-order valence-corrected chi connectivity index (χ1v) is 5.89. The minimum absolute atomic E-state index is 0.133. The molecule has 1 aromatic rings. The van der Waals surface area contributed by atoms with E-state index >= 15 is 0 Å². The molecule has 0 radical (unpaired) electrons. The van der Waals surface area contributed by atoms with Crippen molar-refractivity contribution in [2.45, 2.75) is 38.6 Å². The summed E-state index contributed by atoms with van der Waals surface area (Å²) in [5.41, 5.74) is 2.14. The average molecular weight is 233 g/mol. The van der Waals surface area contributed by atoms with Crippen LogP contribution in [0.4, 0.5) is 0 Å². The number of hydrogen-bond donors (Lipinski definition) is 1. The molecule has 1 aliphatic heterocycles. The Bertz CT molecular complexity index is 452. The molecule has 1 amide bonds. The molecule has 92 valence electrons. The van der Waals surface area contributed by atoms with Crippen LogP contribution in [-0.4, -0.2) is 18.6 Å². The van der Waals surface area contributed by atoms with E-state index in [-0.39, 0.29) is 17.4 Å². The average Bonchev–Trinajstić information content (AvgIpc) is 2.51. The Kier molecular flexibility index (Phi) is 2.86. The lowest BCUT2D eigenvalue weighted by Crippen LogP contribution is -2.38. The van der Waals surface area contributed by atoms with Crippen LogP contribution in [0.5, 0.6) is 5.75 Å². The van der Waals surface area contributed by atoms with Crippen molar-refractivity contribution in [1.82, 2.24) is 5.32 Å². The highest BCUT2D eigenvalue weighted by atomic mass is 16.5. The Morgan fingerprint density at radius 3 is 2.59 bits per heavy atom. The summed E-state index contributed by atoms with van der Waals surface area (Å²) >= 11 is 0. The van der Waals surface area contributed by atoms with Crippen molar-refractivity contribution in [2.75, 3.05) is 7.11 Å². The number of carbonyl (C=O) groups is 1. The van der Waals surface area contributed by atoms with Gasteiger partial charge in [0.2, 0.25) is 5.91 Å². The molecule has 0 bridgehead atoms. The Labute approximate surface area is 102 Å². The Balaban J connectivity index is 2.35. The molecule has 3 nitrogen and oxygen atoms in total. The molecule has 1 heterocycles. The van der Waals surface area contributed by atoms with E-state index in [0.29, 0.717) is 6.42 Å². The van der Waals surface area contributed by atoms with Gasteiger partial charge in [-0.15, -0.1) is 0 Å². The lowest BCUT2D eigenvalue weighted by atomic mass is 9.83. The zero-order valence-corrected chi connectivity index (χ0v) is 10.8. The van der Waals surface area contributed by atoms with Gasteiger partial charge in [0.25, 0.3) is 0 Å². The summed E-state index contributed by atoms with van der Waals surface area (Å²) in [6.07, 6.45) is 0.568. The van der Waals surface area contributed by atoms with E-state index in [2.05, 4.69) is 31.3 Å². The fraction of sp³-hybridized carbons (Fsp3) is 0.500. The van der Waals surface area contributed by atoms with Gasteiger partial charge in [-0.05, 0) is 38.0 Å². The quantitative estimate of drug-likeness (QED) is 0.851. The van der Waals surface area contributed by atoms with Gasteiger partial charge >= 0.3 is 0 Å². The van der Waals surface area contributed by atoms with E-state index in [9.17, 15) is 4.79 Å². The summed E-state index contributed by atoms with van der Waals surface area (Å²) in [4.78, 5) is 11.5. The van der Waals surface area contributed by atoms with Gasteiger partial charge in [-0.1, -0.05) is 12.1 Å². The van der Waals surface area contributed by atoms with Crippen LogP contribution in [0.15, 0.2) is 18.2 Å². The van der Waals surface area contributed by atoms with E-state index in [1.807, 2.05) is 13.0 Å². The molecule has 2 rings (SSSR count). The van der Waals surface area contributed by atoms with Crippen molar-refractivity contribution in [3.05, 3.63) is 29.3 Å². The standard InChI is InChI=1S/C14H19NO2/c1-9-7-10(5-6-12(9)17-4)11-8-13(16)15-14(11,2)3/h5-7,11H,8H2,1-4H3,(H,15,16). The zero-order valence-electron chi connectivity index (χ0n) is 10.8. The lowest BCUT2D eigenvalue weighted by Gasteiger charge is -2.27. The molecule has 0 aromatic heterocycles. The second-order valence-electron chi connectivity index (χ2n) is 5.26. The first-order valence-electron chi connectivity index (χ1n) is 5.89. The number of carbonyl (C=O) groups excluding carboxylic acids is 1. The second-order valence-corrected chi connectivity index (χ2v) is 5.26. The van der Waals surface area contributed by atoms with E-state index in [4.69, 9.17) is 4.74 Å². The van der Waals surface area contributed by atoms with Gasteiger partial charge in [-0.2, -0.15) is 0 Å². The normalized spacial score (nSPS) is 22.4. The van der Waals surface area contributed by atoms with Crippen LogP contribution < -0.4 is 10.1 Å². The van der Waals surface area contributed by atoms with E-state index in [1.165, 1.54) is 5.56 Å². The van der Waals surface area contributed by atoms with Gasteiger partial charge in [-0.3, -0.25) is 4.79 Å². The molecule has 1 aromatic carbocycles. The topological polar surface area (TPSA) is 38.3 Å². The van der Waals surface area contributed by atoms with E-state index in [0.717, 1.165) is 11.3 Å². The molecule has 3 heteroatoms. The third-order valence-corrected chi connectivity index (χ3v) is 3.54. The molecule has 1 saturated heterocycles. The van der Waals surface area contributed by atoms with Crippen LogP contribution in [0.3, 0.4) is 0 Å². The number of aryl methyl sites for hydroxylation is 1. The summed E-state index contributed by atoms with van der Waals surface area (Å²) in [5.74, 6) is 1.26. The second kappa shape index (κ2) is 4.06. The number of benzene rings is 1. The van der Waals surface area contributed by atoms with E-state index < -0.39 is 0 Å². The number of ether oxygens (including phenoxy) is 1. The van der Waals surface area contributed by atoms with Gasteiger partial charge in [0, 0.05) is 17.9 Å². The van der Waals surface area contributed by atoms with Crippen LogP contribution in [0.2, 0.25) is 0 Å². The molecule has 1 aliphatic rings. The number of hydrogen-bond acceptors (Lipinski definition) is 2. The maximum absolute atomic E-state index is 11.5. The van der Waals surface area contributed by atoms with Gasteiger partial charge in [0.05, 0.1) is 7.11 Å². The van der Waals surface area contributed by atoms with Crippen LogP contribution in [0.1, 0.15) is 37.3 Å². The van der Waals surface area contributed by atoms with Crippen molar-refractivity contribution in [3.8, 4) is 5.75 Å². The Hall–Kier alpha value is -1.51. The molecular weight excluding hydrogens is 214 g/mol. The third kappa shape index (κ3) is 2.14. The zero-order chi connectivity index (χ0) is 12.6. The van der Waals surface area contributed by atoms with Gasteiger partial charge in [0.15, 0.2) is 0 Å². The van der Waals surface area contributed by atoms with Crippen molar-refractivity contribution in [2.24, 2.45) is 0 Å². The van der Waals surface area contributed by atoms with Crippen molar-refractivity contribution < 1.29 is 9.53 Å². The minimum Gasteiger partial charge on any atom is -0.496 e. The predicted octanol–water partition coefficient (Wildman–Crippen LogP) is 2.39. The number of methoxy groups -OCH3 is 1. The van der Waals surface area contributed by atoms with Gasteiger partial charge < -0.3 is 10.1 Å². The lowest BCUT2D eigenvalue weighted by molar-refractivity contribution is -0.119. The van der Waals surface area contributed by atoms with Crippen molar-refractivity contribution in [3.63, 3.8) is 0 Å². The highest BCUT2D eigenvalue weighted by molar-refractivity contribution is 5.81. The van der Waals surface area contributed by atoms with Crippen LogP contribution in [0.25, 0.3) is 0 Å². The maximum atomic E-state index is 11.5. The van der Waals surface area contributed by atoms with Crippen LogP contribution in [0, 0.1) is 6.92 Å². The van der Waals surface area contributed by atoms with Gasteiger partial charge in [0.1, 0.15) is 5.75 Å². The summed E-state index contributed by atoms with van der Waals surface area (Å²) < 4.78 is 5.25. The Morgan fingerprint density at radius 1 is 1.41 bits per heavy atom. The molecule has 0 spiro atoms. The van der Waals surface area contributed by atoms with Gasteiger partial charge in [-0.25, -0.2) is 0 Å². The molecular formula is C14H19NO2. The van der Waals surface area contributed by atoms with Crippen molar-refractivity contribution in [1.29, 1.82) is 0 Å². The summed E-state index contributed by atoms with van der Waals surface area (Å²) in [5, 5.41) is 3.02. The molecule has 0 aliphatic carbocycles. The number of nitrogens with one attached hydrogen (secondary N) is 1. The number of amides is 1. The molecule has 0 saturated carbocycles. The first kappa shape index (κ1) is 12.0. The first-order chi connectivity index (χ1) is 7.94. The number of rotatable bonds is 2. The molecule has 1 N–H and O–H groups in total. The molecule has 1 unspecified atom stereocenters. The fourth-order valence-electron chi connectivity index (χ4n) is 2.59. The maximum Gasteiger partial charge on any atom is 0.221 e. The molecule has 1 fully saturated rings. The largest absolute Gasteiger partial charge is 0.496 e. The van der Waals surface area contributed by atoms with E-state index in [1.54, 1.807) is 7.11 Å². The third-order valence-electron chi connectivity index (χ3n) is 3.54. The predicted molar refractivity (Wildman–Crippen MR) is 67.3 cm³/mol. The fourth-order valence-corrected chi connectivity index (χ4v) is 2.59. The molecule has 1 atom stereocenters. The van der Waals surface area contributed by atoms with Crippen LogP contribution in [-0.2, 0) is 4.79 Å². The SMILES string of the molecule is COc1ccc(C2CC(=O)NC2(C)C)cc1C. The summed E-state index contributed by atoms with van der Waals surface area (Å²) in [7, 11) is 1.67.